The zero-order chi connectivity index (χ0) is 32.1. The molecule has 3 atom stereocenters. The molecule has 2 heterocycles. The summed E-state index contributed by atoms with van der Waals surface area (Å²) in [7, 11) is 0. The summed E-state index contributed by atoms with van der Waals surface area (Å²) in [4.78, 5) is 0. The quantitative estimate of drug-likeness (QED) is 0.106. The topological polar surface area (TPSA) is 82.2 Å². The van der Waals surface area contributed by atoms with Crippen LogP contribution >= 0.6 is 0 Å². The van der Waals surface area contributed by atoms with Crippen LogP contribution in [0.3, 0.4) is 0 Å². The first-order chi connectivity index (χ1) is 22.2. The van der Waals surface area contributed by atoms with Crippen LogP contribution in [0.1, 0.15) is 56.4 Å². The fourth-order valence-corrected chi connectivity index (χ4v) is 5.39. The third-order valence-corrected chi connectivity index (χ3v) is 8.89. The van der Waals surface area contributed by atoms with Gasteiger partial charge in [0.1, 0.15) is 48.4 Å². The highest BCUT2D eigenvalue weighted by atomic mass is 16.6. The monoisotopic (exact) mass is 624 g/mol. The van der Waals surface area contributed by atoms with Gasteiger partial charge in [-0.3, -0.25) is 0 Å². The molecule has 2 aliphatic rings. The molecule has 7 heteroatoms. The molecular formula is C39H44O7. The highest BCUT2D eigenvalue weighted by Gasteiger charge is 2.26. The number of rotatable bonds is 16. The van der Waals surface area contributed by atoms with E-state index in [1.54, 1.807) is 0 Å². The van der Waals surface area contributed by atoms with Gasteiger partial charge in [-0.05, 0) is 70.8 Å². The van der Waals surface area contributed by atoms with Crippen molar-refractivity contribution in [2.24, 2.45) is 0 Å². The summed E-state index contributed by atoms with van der Waals surface area (Å²) in [5, 5.41) is 10.5. The van der Waals surface area contributed by atoms with Gasteiger partial charge in [0.15, 0.2) is 0 Å². The molecule has 4 aromatic carbocycles. The molecular weight excluding hydrogens is 580 g/mol. The molecule has 0 aliphatic carbocycles. The van der Waals surface area contributed by atoms with Crippen molar-refractivity contribution in [3.8, 4) is 23.0 Å². The van der Waals surface area contributed by atoms with E-state index in [0.717, 1.165) is 36.0 Å². The summed E-state index contributed by atoms with van der Waals surface area (Å²) in [6, 6.07) is 32.5. The molecule has 0 spiro atoms. The van der Waals surface area contributed by atoms with Crippen molar-refractivity contribution in [1.82, 2.24) is 0 Å². The second-order valence-electron chi connectivity index (χ2n) is 13.1. The Balaban J connectivity index is 0.951. The van der Waals surface area contributed by atoms with Crippen LogP contribution in [0.5, 0.6) is 23.0 Å². The molecule has 0 radical (unpaired) electrons. The highest BCUT2D eigenvalue weighted by molar-refractivity contribution is 5.43. The average molecular weight is 625 g/mol. The van der Waals surface area contributed by atoms with Crippen molar-refractivity contribution in [2.45, 2.75) is 63.4 Å². The summed E-state index contributed by atoms with van der Waals surface area (Å²) < 4.78 is 33.7. The van der Waals surface area contributed by atoms with E-state index < -0.39 is 6.29 Å². The molecule has 1 N–H and O–H groups in total. The van der Waals surface area contributed by atoms with Crippen molar-refractivity contribution in [3.05, 3.63) is 119 Å². The SMILES string of the molecule is CC(C)(c1ccc(OCCC(O)Oc2ccc(C(C)(C)c3ccc(OCC4CO4)cc3)cc2)cc1)c1ccc(OCC2CO2)cc1. The zero-order valence-electron chi connectivity index (χ0n) is 27.1. The van der Waals surface area contributed by atoms with Crippen molar-refractivity contribution in [3.63, 3.8) is 0 Å². The van der Waals surface area contributed by atoms with E-state index in [9.17, 15) is 5.11 Å². The van der Waals surface area contributed by atoms with E-state index in [-0.39, 0.29) is 23.0 Å². The van der Waals surface area contributed by atoms with Gasteiger partial charge in [-0.1, -0.05) is 76.2 Å². The first-order valence-corrected chi connectivity index (χ1v) is 16.1. The summed E-state index contributed by atoms with van der Waals surface area (Å²) in [5.74, 6) is 3.07. The lowest BCUT2D eigenvalue weighted by Crippen LogP contribution is -2.20. The second-order valence-corrected chi connectivity index (χ2v) is 13.1. The maximum atomic E-state index is 10.5. The van der Waals surface area contributed by atoms with Gasteiger partial charge in [0.05, 0.1) is 19.8 Å². The number of aliphatic hydroxyl groups excluding tert-OH is 1. The average Bonchev–Trinajstić information content (AvgIpc) is 4.00. The van der Waals surface area contributed by atoms with Crippen LogP contribution in [-0.2, 0) is 20.3 Å². The predicted octanol–water partition coefficient (Wildman–Crippen LogP) is 7.06. The first kappa shape index (κ1) is 31.9. The Morgan fingerprint density at radius 2 is 0.891 bits per heavy atom. The van der Waals surface area contributed by atoms with E-state index in [2.05, 4.69) is 64.1 Å². The minimum absolute atomic E-state index is 0.184. The molecule has 0 amide bonds. The summed E-state index contributed by atoms with van der Waals surface area (Å²) in [5.41, 5.74) is 4.32. The number of epoxide rings is 2. The van der Waals surface area contributed by atoms with Gasteiger partial charge in [0.25, 0.3) is 0 Å². The van der Waals surface area contributed by atoms with Crippen LogP contribution in [0.4, 0.5) is 0 Å². The molecule has 0 bridgehead atoms. The summed E-state index contributed by atoms with van der Waals surface area (Å²) in [6.07, 6.45) is -0.159. The van der Waals surface area contributed by atoms with Crippen LogP contribution in [0.2, 0.25) is 0 Å². The fraction of sp³-hybridized carbons (Fsp3) is 0.385. The number of aliphatic hydroxyl groups is 1. The van der Waals surface area contributed by atoms with Crippen molar-refractivity contribution < 1.29 is 33.5 Å². The van der Waals surface area contributed by atoms with E-state index in [1.165, 1.54) is 16.7 Å². The molecule has 46 heavy (non-hydrogen) atoms. The minimum atomic E-state index is -0.977. The van der Waals surface area contributed by atoms with Crippen LogP contribution in [-0.4, -0.2) is 56.6 Å². The summed E-state index contributed by atoms with van der Waals surface area (Å²) in [6.45, 7) is 11.9. The number of benzene rings is 4. The molecule has 7 nitrogen and oxygen atoms in total. The Labute approximate surface area is 272 Å². The molecule has 2 saturated heterocycles. The highest BCUT2D eigenvalue weighted by Crippen LogP contribution is 2.35. The van der Waals surface area contributed by atoms with E-state index in [0.29, 0.717) is 32.0 Å². The minimum Gasteiger partial charge on any atom is -0.493 e. The van der Waals surface area contributed by atoms with Gasteiger partial charge in [-0.15, -0.1) is 0 Å². The second kappa shape index (κ2) is 13.8. The Hall–Kier alpha value is -4.04. The number of hydrogen-bond donors (Lipinski definition) is 1. The van der Waals surface area contributed by atoms with Crippen molar-refractivity contribution in [1.29, 1.82) is 0 Å². The predicted molar refractivity (Wildman–Crippen MR) is 177 cm³/mol. The lowest BCUT2D eigenvalue weighted by Gasteiger charge is -2.27. The molecule has 242 valence electrons. The van der Waals surface area contributed by atoms with Crippen LogP contribution in [0.15, 0.2) is 97.1 Å². The van der Waals surface area contributed by atoms with Crippen LogP contribution in [0.25, 0.3) is 0 Å². The van der Waals surface area contributed by atoms with Gasteiger partial charge < -0.3 is 33.5 Å². The molecule has 6 rings (SSSR count). The standard InChI is InChI=1S/C39H44O7/c1-38(2,28-7-15-32(16-8-28)42-23-35-25-44-35)27-5-13-31(14-6-27)41-22-21-37(40)46-34-19-11-30(12-20-34)39(3,4)29-9-17-33(18-10-29)43-24-36-26-45-36/h5-20,35-37,40H,21-26H2,1-4H3. The molecule has 0 saturated carbocycles. The van der Waals surface area contributed by atoms with Crippen LogP contribution in [0, 0.1) is 0 Å². The molecule has 2 fully saturated rings. The third-order valence-electron chi connectivity index (χ3n) is 8.89. The van der Waals surface area contributed by atoms with Gasteiger partial charge >= 0.3 is 0 Å². The molecule has 2 aliphatic heterocycles. The van der Waals surface area contributed by atoms with E-state index in [4.69, 9.17) is 28.4 Å². The number of ether oxygens (including phenoxy) is 6. The summed E-state index contributed by atoms with van der Waals surface area (Å²) >= 11 is 0. The van der Waals surface area contributed by atoms with Gasteiger partial charge in [-0.2, -0.15) is 0 Å². The fourth-order valence-electron chi connectivity index (χ4n) is 5.39. The van der Waals surface area contributed by atoms with Crippen molar-refractivity contribution >= 4 is 0 Å². The Kier molecular flexibility index (Phi) is 9.54. The Morgan fingerprint density at radius 3 is 1.24 bits per heavy atom. The lowest BCUT2D eigenvalue weighted by molar-refractivity contribution is -0.0307. The molecule has 4 aromatic rings. The number of hydrogen-bond acceptors (Lipinski definition) is 7. The smallest absolute Gasteiger partial charge is 0.200 e. The Bertz CT molecular complexity index is 1540. The Morgan fingerprint density at radius 1 is 0.565 bits per heavy atom. The first-order valence-electron chi connectivity index (χ1n) is 16.1. The van der Waals surface area contributed by atoms with Crippen LogP contribution < -0.4 is 18.9 Å². The lowest BCUT2D eigenvalue weighted by atomic mass is 9.78. The van der Waals surface area contributed by atoms with Gasteiger partial charge in [0, 0.05) is 17.3 Å². The largest absolute Gasteiger partial charge is 0.493 e. The van der Waals surface area contributed by atoms with Crippen molar-refractivity contribution in [2.75, 3.05) is 33.0 Å². The maximum Gasteiger partial charge on any atom is 0.200 e. The van der Waals surface area contributed by atoms with Gasteiger partial charge in [0.2, 0.25) is 6.29 Å². The van der Waals surface area contributed by atoms with E-state index in [1.807, 2.05) is 60.7 Å². The molecule has 0 aromatic heterocycles. The zero-order valence-corrected chi connectivity index (χ0v) is 27.1. The van der Waals surface area contributed by atoms with E-state index >= 15 is 0 Å². The molecule has 3 unspecified atom stereocenters. The third kappa shape index (κ3) is 8.21. The van der Waals surface area contributed by atoms with Gasteiger partial charge in [-0.25, -0.2) is 0 Å². The maximum absolute atomic E-state index is 10.5. The normalized spacial score (nSPS) is 18.0.